The van der Waals surface area contributed by atoms with Crippen LogP contribution in [0.15, 0.2) is 28.7 Å². The Labute approximate surface area is 127 Å². The van der Waals surface area contributed by atoms with Gasteiger partial charge in [0.15, 0.2) is 5.76 Å². The summed E-state index contributed by atoms with van der Waals surface area (Å²) < 4.78 is 10.8. The van der Waals surface area contributed by atoms with E-state index in [9.17, 15) is 14.7 Å². The van der Waals surface area contributed by atoms with Gasteiger partial charge in [0.25, 0.3) is 5.91 Å². The van der Waals surface area contributed by atoms with Crippen LogP contribution in [0.3, 0.4) is 0 Å². The van der Waals surface area contributed by atoms with Crippen molar-refractivity contribution in [3.05, 3.63) is 35.6 Å². The van der Waals surface area contributed by atoms with E-state index < -0.39 is 17.4 Å². The number of ether oxygens (including phenoxy) is 1. The van der Waals surface area contributed by atoms with Gasteiger partial charge in [-0.05, 0) is 13.0 Å². The summed E-state index contributed by atoms with van der Waals surface area (Å²) in [5, 5.41) is 13.0. The molecule has 0 bridgehead atoms. The molecule has 0 unspecified atom stereocenters. The normalized spacial score (nSPS) is 17.3. The summed E-state index contributed by atoms with van der Waals surface area (Å²) in [6.45, 7) is 2.41. The van der Waals surface area contributed by atoms with E-state index in [1.54, 1.807) is 13.0 Å². The van der Waals surface area contributed by atoms with Gasteiger partial charge in [0.1, 0.15) is 11.1 Å². The molecule has 6 nitrogen and oxygen atoms in total. The highest BCUT2D eigenvalue weighted by molar-refractivity contribution is 6.01. The van der Waals surface area contributed by atoms with E-state index in [1.165, 1.54) is 0 Å². The molecule has 1 aromatic heterocycles. The molecule has 1 aliphatic heterocycles. The van der Waals surface area contributed by atoms with Gasteiger partial charge in [-0.3, -0.25) is 4.79 Å². The zero-order valence-corrected chi connectivity index (χ0v) is 12.2. The molecular formula is C16H17NO5. The van der Waals surface area contributed by atoms with Crippen molar-refractivity contribution in [1.29, 1.82) is 0 Å². The van der Waals surface area contributed by atoms with E-state index in [0.29, 0.717) is 24.4 Å². The minimum atomic E-state index is -1.29. The fourth-order valence-corrected chi connectivity index (χ4v) is 2.78. The number of aliphatic carboxylic acids is 1. The number of furan rings is 1. The van der Waals surface area contributed by atoms with E-state index in [-0.39, 0.29) is 18.6 Å². The van der Waals surface area contributed by atoms with Gasteiger partial charge in [0.05, 0.1) is 0 Å². The van der Waals surface area contributed by atoms with Crippen molar-refractivity contribution in [1.82, 2.24) is 5.32 Å². The molecule has 3 rings (SSSR count). The predicted octanol–water partition coefficient (Wildman–Crippen LogP) is 2.10. The number of carbonyl (C=O) groups is 2. The lowest BCUT2D eigenvalue weighted by Crippen LogP contribution is -2.57. The maximum atomic E-state index is 12.5. The smallest absolute Gasteiger partial charge is 0.329 e. The number of nitrogens with one attached hydrogen (secondary N) is 1. The third-order valence-corrected chi connectivity index (χ3v) is 4.16. The number of carbonyl (C=O) groups excluding carboxylic acids is 1. The number of fused-ring (bicyclic) bond motifs is 1. The molecule has 0 aliphatic carbocycles. The van der Waals surface area contributed by atoms with Gasteiger partial charge in [-0.2, -0.15) is 0 Å². The maximum absolute atomic E-state index is 12.5. The van der Waals surface area contributed by atoms with Crippen LogP contribution in [0, 0.1) is 6.92 Å². The summed E-state index contributed by atoms with van der Waals surface area (Å²) in [5.41, 5.74) is 0.0306. The molecule has 0 atom stereocenters. The molecule has 22 heavy (non-hydrogen) atoms. The van der Waals surface area contributed by atoms with Crippen LogP contribution in [0.25, 0.3) is 11.0 Å². The number of carboxylic acid groups (broad SMARTS) is 1. The zero-order valence-electron chi connectivity index (χ0n) is 12.2. The van der Waals surface area contributed by atoms with Crippen molar-refractivity contribution in [2.45, 2.75) is 25.3 Å². The second-order valence-electron chi connectivity index (χ2n) is 5.51. The van der Waals surface area contributed by atoms with Gasteiger partial charge in [-0.1, -0.05) is 18.2 Å². The SMILES string of the molecule is Cc1c(C(=O)NC2(C(=O)O)CCOCC2)oc2ccccc12. The Morgan fingerprint density at radius 2 is 1.91 bits per heavy atom. The van der Waals surface area contributed by atoms with Crippen molar-refractivity contribution in [2.75, 3.05) is 13.2 Å². The molecule has 1 fully saturated rings. The third kappa shape index (κ3) is 2.35. The van der Waals surface area contributed by atoms with Gasteiger partial charge in [0, 0.05) is 37.0 Å². The van der Waals surface area contributed by atoms with Crippen LogP contribution in [0.2, 0.25) is 0 Å². The lowest BCUT2D eigenvalue weighted by atomic mass is 9.90. The molecule has 0 saturated carbocycles. The predicted molar refractivity (Wildman–Crippen MR) is 78.8 cm³/mol. The fourth-order valence-electron chi connectivity index (χ4n) is 2.78. The number of benzene rings is 1. The van der Waals surface area contributed by atoms with Crippen LogP contribution in [-0.4, -0.2) is 35.7 Å². The van der Waals surface area contributed by atoms with Gasteiger partial charge < -0.3 is 19.6 Å². The van der Waals surface area contributed by atoms with E-state index in [0.717, 1.165) is 5.39 Å². The summed E-state index contributed by atoms with van der Waals surface area (Å²) in [4.78, 5) is 24.1. The molecule has 1 saturated heterocycles. The van der Waals surface area contributed by atoms with Crippen molar-refractivity contribution >= 4 is 22.8 Å². The van der Waals surface area contributed by atoms with Crippen LogP contribution in [0.5, 0.6) is 0 Å². The number of rotatable bonds is 3. The average Bonchev–Trinajstić information content (AvgIpc) is 2.86. The monoisotopic (exact) mass is 303 g/mol. The summed E-state index contributed by atoms with van der Waals surface area (Å²) in [5.74, 6) is -1.38. The Morgan fingerprint density at radius 1 is 1.23 bits per heavy atom. The first-order chi connectivity index (χ1) is 10.5. The second-order valence-corrected chi connectivity index (χ2v) is 5.51. The average molecular weight is 303 g/mol. The van der Waals surface area contributed by atoms with Gasteiger partial charge in [-0.25, -0.2) is 4.79 Å². The topological polar surface area (TPSA) is 88.8 Å². The summed E-state index contributed by atoms with van der Waals surface area (Å²) in [6, 6.07) is 7.33. The largest absolute Gasteiger partial charge is 0.480 e. The number of carboxylic acids is 1. The van der Waals surface area contributed by atoms with Crippen LogP contribution >= 0.6 is 0 Å². The molecule has 6 heteroatoms. The molecule has 116 valence electrons. The maximum Gasteiger partial charge on any atom is 0.329 e. The Hall–Kier alpha value is -2.34. The Morgan fingerprint density at radius 3 is 2.55 bits per heavy atom. The van der Waals surface area contributed by atoms with Gasteiger partial charge in [0.2, 0.25) is 0 Å². The minimum Gasteiger partial charge on any atom is -0.480 e. The van der Waals surface area contributed by atoms with Crippen LogP contribution in [-0.2, 0) is 9.53 Å². The summed E-state index contributed by atoms with van der Waals surface area (Å²) >= 11 is 0. The van der Waals surface area contributed by atoms with E-state index in [4.69, 9.17) is 9.15 Å². The molecule has 2 aromatic rings. The molecular weight excluding hydrogens is 286 g/mol. The van der Waals surface area contributed by atoms with E-state index in [2.05, 4.69) is 5.32 Å². The third-order valence-electron chi connectivity index (χ3n) is 4.16. The first kappa shape index (κ1) is 14.6. The molecule has 1 aliphatic rings. The van der Waals surface area contributed by atoms with Crippen LogP contribution in [0.4, 0.5) is 0 Å². The van der Waals surface area contributed by atoms with Crippen molar-refractivity contribution in [2.24, 2.45) is 0 Å². The Kier molecular flexibility index (Phi) is 3.62. The van der Waals surface area contributed by atoms with E-state index >= 15 is 0 Å². The Balaban J connectivity index is 1.92. The number of para-hydroxylation sites is 1. The Bertz CT molecular complexity index is 727. The number of hydrogen-bond acceptors (Lipinski definition) is 4. The van der Waals surface area contributed by atoms with Crippen LogP contribution in [0.1, 0.15) is 29.0 Å². The number of hydrogen-bond donors (Lipinski definition) is 2. The molecule has 1 aromatic carbocycles. The van der Waals surface area contributed by atoms with Crippen molar-refractivity contribution < 1.29 is 23.8 Å². The van der Waals surface area contributed by atoms with E-state index in [1.807, 2.05) is 18.2 Å². The highest BCUT2D eigenvalue weighted by Crippen LogP contribution is 2.27. The van der Waals surface area contributed by atoms with Gasteiger partial charge in [-0.15, -0.1) is 0 Å². The minimum absolute atomic E-state index is 0.160. The summed E-state index contributed by atoms with van der Waals surface area (Å²) in [7, 11) is 0. The standard InChI is InChI=1S/C16H17NO5/c1-10-11-4-2-3-5-12(11)22-13(10)14(18)17-16(15(19)20)6-8-21-9-7-16/h2-5H,6-9H2,1H3,(H,17,18)(H,19,20). The highest BCUT2D eigenvalue weighted by Gasteiger charge is 2.42. The van der Waals surface area contributed by atoms with Crippen LogP contribution < -0.4 is 5.32 Å². The lowest BCUT2D eigenvalue weighted by molar-refractivity contribution is -0.148. The summed E-state index contributed by atoms with van der Waals surface area (Å²) in [6.07, 6.45) is 0.487. The highest BCUT2D eigenvalue weighted by atomic mass is 16.5. The first-order valence-corrected chi connectivity index (χ1v) is 7.15. The molecule has 0 radical (unpaired) electrons. The molecule has 2 heterocycles. The lowest BCUT2D eigenvalue weighted by Gasteiger charge is -2.33. The fraction of sp³-hybridized carbons (Fsp3) is 0.375. The van der Waals surface area contributed by atoms with Gasteiger partial charge >= 0.3 is 5.97 Å². The molecule has 0 spiro atoms. The quantitative estimate of drug-likeness (QED) is 0.906. The first-order valence-electron chi connectivity index (χ1n) is 7.15. The number of aryl methyl sites for hydroxylation is 1. The molecule has 2 N–H and O–H groups in total. The second kappa shape index (κ2) is 5.46. The number of amides is 1. The molecule has 1 amide bonds. The van der Waals surface area contributed by atoms with Crippen molar-refractivity contribution in [3.63, 3.8) is 0 Å². The van der Waals surface area contributed by atoms with Crippen molar-refractivity contribution in [3.8, 4) is 0 Å². The zero-order chi connectivity index (χ0) is 15.7.